The second-order valence-corrected chi connectivity index (χ2v) is 4.76. The highest BCUT2D eigenvalue weighted by atomic mass is 127. The summed E-state index contributed by atoms with van der Waals surface area (Å²) in [6.07, 6.45) is 1.06. The van der Waals surface area contributed by atoms with Crippen molar-refractivity contribution < 1.29 is 9.53 Å². The van der Waals surface area contributed by atoms with E-state index in [1.165, 1.54) is 6.33 Å². The number of halogens is 1. The average molecular weight is 348 g/mol. The van der Waals surface area contributed by atoms with Crippen LogP contribution in [-0.4, -0.2) is 47.1 Å². The van der Waals surface area contributed by atoms with Crippen molar-refractivity contribution in [3.05, 3.63) is 15.6 Å². The summed E-state index contributed by atoms with van der Waals surface area (Å²) in [4.78, 5) is 21.5. The molecule has 1 aliphatic heterocycles. The number of hydrogen-bond donors (Lipinski definition) is 1. The summed E-state index contributed by atoms with van der Waals surface area (Å²) in [7, 11) is 0. The van der Waals surface area contributed by atoms with Crippen molar-refractivity contribution in [2.75, 3.05) is 26.2 Å². The minimum atomic E-state index is -0.345. The number of rotatable bonds is 1. The maximum atomic E-state index is 11.8. The predicted molar refractivity (Wildman–Crippen MR) is 70.0 cm³/mol. The number of ether oxygens (including phenoxy) is 1. The van der Waals surface area contributed by atoms with Crippen molar-refractivity contribution in [1.29, 1.82) is 0 Å². The summed E-state index contributed by atoms with van der Waals surface area (Å²) in [5, 5.41) is 3.18. The third-order valence-electron chi connectivity index (χ3n) is 2.49. The second kappa shape index (κ2) is 5.58. The van der Waals surface area contributed by atoms with Crippen LogP contribution in [0.1, 0.15) is 5.69 Å². The highest BCUT2D eigenvalue weighted by Crippen LogP contribution is 2.19. The molecule has 0 aromatic carbocycles. The molecule has 6 nitrogen and oxygen atoms in total. The van der Waals surface area contributed by atoms with Gasteiger partial charge in [0.15, 0.2) is 0 Å². The normalized spacial score (nSPS) is 15.8. The molecule has 0 aliphatic carbocycles. The van der Waals surface area contributed by atoms with Crippen molar-refractivity contribution in [2.24, 2.45) is 0 Å². The van der Waals surface area contributed by atoms with Gasteiger partial charge in [0.05, 0.1) is 9.26 Å². The lowest BCUT2D eigenvalue weighted by molar-refractivity contribution is 0.143. The number of aryl methyl sites for hydroxylation is 1. The van der Waals surface area contributed by atoms with Gasteiger partial charge in [-0.1, -0.05) is 0 Å². The fourth-order valence-corrected chi connectivity index (χ4v) is 1.89. The van der Waals surface area contributed by atoms with Gasteiger partial charge in [-0.15, -0.1) is 0 Å². The molecule has 1 aliphatic rings. The molecule has 17 heavy (non-hydrogen) atoms. The molecule has 0 spiro atoms. The molecule has 1 fully saturated rings. The maximum absolute atomic E-state index is 11.8. The van der Waals surface area contributed by atoms with Crippen LogP contribution in [-0.2, 0) is 0 Å². The van der Waals surface area contributed by atoms with Gasteiger partial charge in [-0.25, -0.2) is 14.8 Å². The second-order valence-electron chi connectivity index (χ2n) is 3.68. The molecule has 0 bridgehead atoms. The molecular formula is C10H13IN4O2. The van der Waals surface area contributed by atoms with Crippen molar-refractivity contribution in [3.63, 3.8) is 0 Å². The quantitative estimate of drug-likeness (QED) is 0.761. The van der Waals surface area contributed by atoms with E-state index in [0.29, 0.717) is 19.0 Å². The van der Waals surface area contributed by atoms with E-state index in [0.717, 1.165) is 22.4 Å². The zero-order valence-electron chi connectivity index (χ0n) is 9.44. The van der Waals surface area contributed by atoms with E-state index in [9.17, 15) is 4.79 Å². The van der Waals surface area contributed by atoms with Gasteiger partial charge in [0, 0.05) is 26.2 Å². The molecule has 1 aromatic heterocycles. The van der Waals surface area contributed by atoms with Crippen LogP contribution in [0.2, 0.25) is 0 Å². The largest absolute Gasteiger partial charge is 0.416 e. The van der Waals surface area contributed by atoms with Gasteiger partial charge in [0.2, 0.25) is 5.88 Å². The lowest BCUT2D eigenvalue weighted by Gasteiger charge is -2.26. The summed E-state index contributed by atoms with van der Waals surface area (Å²) in [5.74, 6) is 0.335. The topological polar surface area (TPSA) is 67.4 Å². The van der Waals surface area contributed by atoms with E-state index in [1.807, 2.05) is 6.92 Å². The lowest BCUT2D eigenvalue weighted by Crippen LogP contribution is -2.47. The van der Waals surface area contributed by atoms with Gasteiger partial charge in [-0.3, -0.25) is 0 Å². The molecule has 0 unspecified atom stereocenters. The zero-order chi connectivity index (χ0) is 12.3. The van der Waals surface area contributed by atoms with Crippen molar-refractivity contribution in [3.8, 4) is 5.88 Å². The molecule has 1 N–H and O–H groups in total. The van der Waals surface area contributed by atoms with Crippen LogP contribution in [0.15, 0.2) is 6.33 Å². The Balaban J connectivity index is 2.04. The van der Waals surface area contributed by atoms with Crippen LogP contribution >= 0.6 is 22.6 Å². The Morgan fingerprint density at radius 3 is 2.88 bits per heavy atom. The third-order valence-corrected chi connectivity index (χ3v) is 3.73. The number of aromatic nitrogens is 2. The Bertz CT molecular complexity index is 421. The van der Waals surface area contributed by atoms with Crippen LogP contribution in [0.3, 0.4) is 0 Å². The van der Waals surface area contributed by atoms with E-state index in [1.54, 1.807) is 4.90 Å². The predicted octanol–water partition coefficient (Wildman–Crippen LogP) is 0.794. The Labute approximate surface area is 113 Å². The summed E-state index contributed by atoms with van der Waals surface area (Å²) in [5.41, 5.74) is 0.809. The molecule has 1 amide bonds. The Morgan fingerprint density at radius 2 is 2.18 bits per heavy atom. The Morgan fingerprint density at radius 1 is 1.47 bits per heavy atom. The molecule has 92 valence electrons. The first-order valence-corrected chi connectivity index (χ1v) is 6.41. The number of carbonyl (C=O) groups is 1. The highest BCUT2D eigenvalue weighted by molar-refractivity contribution is 14.1. The number of hydrogen-bond acceptors (Lipinski definition) is 5. The first-order valence-electron chi connectivity index (χ1n) is 5.33. The van der Waals surface area contributed by atoms with Gasteiger partial charge < -0.3 is 15.0 Å². The highest BCUT2D eigenvalue weighted by Gasteiger charge is 2.20. The Hall–Kier alpha value is -0.960. The fraction of sp³-hybridized carbons (Fsp3) is 0.500. The van der Waals surface area contributed by atoms with E-state index in [2.05, 4.69) is 37.9 Å². The van der Waals surface area contributed by atoms with Crippen LogP contribution in [0, 0.1) is 10.5 Å². The summed E-state index contributed by atoms with van der Waals surface area (Å²) in [6, 6.07) is 0. The lowest BCUT2D eigenvalue weighted by atomic mass is 10.4. The van der Waals surface area contributed by atoms with E-state index >= 15 is 0 Å². The minimum absolute atomic E-state index is 0.335. The average Bonchev–Trinajstić information content (AvgIpc) is 2.36. The molecule has 0 saturated carbocycles. The van der Waals surface area contributed by atoms with E-state index in [-0.39, 0.29) is 6.09 Å². The smallest absolute Gasteiger partial charge is 0.390 e. The SMILES string of the molecule is Cc1ncnc(OC(=O)N2CCNCC2)c1I. The first kappa shape index (κ1) is 12.5. The zero-order valence-corrected chi connectivity index (χ0v) is 11.6. The van der Waals surface area contributed by atoms with Crippen LogP contribution in [0.4, 0.5) is 4.79 Å². The van der Waals surface area contributed by atoms with E-state index < -0.39 is 0 Å². The third kappa shape index (κ3) is 3.03. The standard InChI is InChI=1S/C10H13IN4O2/c1-7-8(11)9(14-6-13-7)17-10(16)15-4-2-12-3-5-15/h6,12H,2-5H2,1H3. The van der Waals surface area contributed by atoms with Gasteiger partial charge in [0.1, 0.15) is 6.33 Å². The molecule has 7 heteroatoms. The molecule has 1 saturated heterocycles. The number of nitrogens with zero attached hydrogens (tertiary/aromatic N) is 3. The number of nitrogens with one attached hydrogen (secondary N) is 1. The van der Waals surface area contributed by atoms with Gasteiger partial charge in [0.25, 0.3) is 0 Å². The van der Waals surface area contributed by atoms with Crippen LogP contribution in [0.25, 0.3) is 0 Å². The van der Waals surface area contributed by atoms with Gasteiger partial charge >= 0.3 is 6.09 Å². The number of amides is 1. The van der Waals surface area contributed by atoms with Crippen molar-refractivity contribution >= 4 is 28.7 Å². The maximum Gasteiger partial charge on any atom is 0.416 e. The summed E-state index contributed by atoms with van der Waals surface area (Å²) < 4.78 is 6.04. The molecule has 1 aromatic rings. The Kier molecular flexibility index (Phi) is 4.11. The number of carbonyl (C=O) groups excluding carboxylic acids is 1. The van der Waals surface area contributed by atoms with Gasteiger partial charge in [-0.05, 0) is 29.5 Å². The molecule has 2 rings (SSSR count). The fourth-order valence-electron chi connectivity index (χ4n) is 1.50. The summed E-state index contributed by atoms with van der Waals surface area (Å²) >= 11 is 2.08. The monoisotopic (exact) mass is 348 g/mol. The van der Waals surface area contributed by atoms with Crippen molar-refractivity contribution in [2.45, 2.75) is 6.92 Å². The number of piperazine rings is 1. The van der Waals surface area contributed by atoms with E-state index in [4.69, 9.17) is 4.74 Å². The molecule has 0 radical (unpaired) electrons. The molecule has 0 atom stereocenters. The first-order chi connectivity index (χ1) is 8.18. The summed E-state index contributed by atoms with van der Waals surface area (Å²) in [6.45, 7) is 4.79. The minimum Gasteiger partial charge on any atom is -0.390 e. The van der Waals surface area contributed by atoms with Gasteiger partial charge in [-0.2, -0.15) is 0 Å². The van der Waals surface area contributed by atoms with Crippen LogP contribution < -0.4 is 10.1 Å². The molecule has 2 heterocycles. The molecular weight excluding hydrogens is 335 g/mol. The van der Waals surface area contributed by atoms with Crippen LogP contribution in [0.5, 0.6) is 5.88 Å². The van der Waals surface area contributed by atoms with Crippen molar-refractivity contribution in [1.82, 2.24) is 20.2 Å².